The molecule has 0 aromatic heterocycles. The van der Waals surface area contributed by atoms with E-state index in [-0.39, 0.29) is 12.1 Å². The molecule has 0 saturated carbocycles. The van der Waals surface area contributed by atoms with Crippen LogP contribution in [0.25, 0.3) is 0 Å². The molecular weight excluding hydrogens is 194 g/mol. The lowest BCUT2D eigenvalue weighted by atomic mass is 10.1. The third-order valence-electron chi connectivity index (χ3n) is 1.37. The lowest BCUT2D eigenvalue weighted by molar-refractivity contribution is -0.142. The number of hydrogen-bond donors (Lipinski definition) is 0. The molecule has 0 heterocycles. The second-order valence-corrected chi connectivity index (χ2v) is 4.54. The van der Waals surface area contributed by atoms with Crippen LogP contribution >= 0.6 is 0 Å². The van der Waals surface area contributed by atoms with E-state index in [0.717, 1.165) is 0 Å². The maximum absolute atomic E-state index is 10.6. The lowest BCUT2D eigenvalue weighted by Gasteiger charge is -2.17. The van der Waals surface area contributed by atoms with Gasteiger partial charge < -0.3 is 4.74 Å². The van der Waals surface area contributed by atoms with E-state index in [1.54, 1.807) is 6.92 Å². The van der Waals surface area contributed by atoms with Crippen molar-refractivity contribution in [2.45, 2.75) is 45.7 Å². The third kappa shape index (κ3) is 6.61. The first-order valence-electron chi connectivity index (χ1n) is 4.67. The Balaban J connectivity index is 4.53. The number of rotatable bonds is 3. The molecule has 1 atom stereocenters. The SMILES string of the molecule is CC(=O)OCC(C)(C#N)/N=N/C(C)(C)C. The van der Waals surface area contributed by atoms with E-state index < -0.39 is 11.5 Å². The van der Waals surface area contributed by atoms with Crippen LogP contribution in [0.4, 0.5) is 0 Å². The van der Waals surface area contributed by atoms with Crippen LogP contribution < -0.4 is 0 Å². The highest BCUT2D eigenvalue weighted by atomic mass is 16.5. The second kappa shape index (κ2) is 4.87. The van der Waals surface area contributed by atoms with Gasteiger partial charge in [-0.2, -0.15) is 15.5 Å². The summed E-state index contributed by atoms with van der Waals surface area (Å²) in [5.74, 6) is -0.428. The van der Waals surface area contributed by atoms with Crippen LogP contribution in [-0.4, -0.2) is 23.7 Å². The van der Waals surface area contributed by atoms with E-state index in [0.29, 0.717) is 0 Å². The predicted octanol–water partition coefficient (Wildman–Crippen LogP) is 2.08. The number of carbonyl (C=O) groups is 1. The zero-order valence-electron chi connectivity index (χ0n) is 9.87. The normalized spacial score (nSPS) is 15.7. The first-order chi connectivity index (χ1) is 6.68. The summed E-state index contributed by atoms with van der Waals surface area (Å²) >= 11 is 0. The Labute approximate surface area is 90.1 Å². The Hall–Kier alpha value is -1.44. The monoisotopic (exact) mass is 211 g/mol. The molecule has 0 spiro atoms. The van der Waals surface area contributed by atoms with Crippen LogP contribution in [-0.2, 0) is 9.53 Å². The Morgan fingerprint density at radius 1 is 1.33 bits per heavy atom. The van der Waals surface area contributed by atoms with Crippen LogP contribution in [0.2, 0.25) is 0 Å². The summed E-state index contributed by atoms with van der Waals surface area (Å²) in [5.41, 5.74) is -1.44. The third-order valence-corrected chi connectivity index (χ3v) is 1.37. The molecule has 0 bridgehead atoms. The molecule has 84 valence electrons. The molecule has 5 nitrogen and oxygen atoms in total. The molecule has 0 aliphatic rings. The zero-order chi connectivity index (χ0) is 12.1. The number of carbonyl (C=O) groups excluding carboxylic acids is 1. The van der Waals surface area contributed by atoms with E-state index in [2.05, 4.69) is 10.2 Å². The number of azo groups is 1. The van der Waals surface area contributed by atoms with Crippen molar-refractivity contribution in [3.8, 4) is 6.07 Å². The summed E-state index contributed by atoms with van der Waals surface area (Å²) in [4.78, 5) is 10.6. The van der Waals surface area contributed by atoms with E-state index in [1.165, 1.54) is 6.92 Å². The number of nitriles is 1. The quantitative estimate of drug-likeness (QED) is 0.529. The van der Waals surface area contributed by atoms with Gasteiger partial charge in [-0.1, -0.05) is 0 Å². The van der Waals surface area contributed by atoms with Gasteiger partial charge in [-0.05, 0) is 27.7 Å². The van der Waals surface area contributed by atoms with Gasteiger partial charge in [0.2, 0.25) is 0 Å². The lowest BCUT2D eigenvalue weighted by Crippen LogP contribution is -2.28. The fourth-order valence-corrected chi connectivity index (χ4v) is 0.586. The van der Waals surface area contributed by atoms with Crippen molar-refractivity contribution in [3.63, 3.8) is 0 Å². The van der Waals surface area contributed by atoms with E-state index in [1.807, 2.05) is 26.8 Å². The van der Waals surface area contributed by atoms with Crippen LogP contribution in [0.1, 0.15) is 34.6 Å². The zero-order valence-corrected chi connectivity index (χ0v) is 9.87. The Kier molecular flexibility index (Phi) is 4.40. The summed E-state index contributed by atoms with van der Waals surface area (Å²) in [5, 5.41) is 16.8. The maximum Gasteiger partial charge on any atom is 0.302 e. The highest BCUT2D eigenvalue weighted by Gasteiger charge is 2.26. The molecule has 0 radical (unpaired) electrons. The van der Waals surface area contributed by atoms with Gasteiger partial charge in [-0.3, -0.25) is 4.79 Å². The van der Waals surface area contributed by atoms with E-state index in [9.17, 15) is 4.79 Å². The average molecular weight is 211 g/mol. The molecule has 0 fully saturated rings. The summed E-state index contributed by atoms with van der Waals surface area (Å²) in [6, 6.07) is 1.97. The minimum Gasteiger partial charge on any atom is -0.462 e. The molecule has 0 aromatic rings. The van der Waals surface area contributed by atoms with Crippen LogP contribution in [0.3, 0.4) is 0 Å². The maximum atomic E-state index is 10.6. The van der Waals surface area contributed by atoms with E-state index >= 15 is 0 Å². The van der Waals surface area contributed by atoms with Gasteiger partial charge in [-0.25, -0.2) is 0 Å². The summed E-state index contributed by atoms with van der Waals surface area (Å²) in [6.07, 6.45) is 0. The first-order valence-corrected chi connectivity index (χ1v) is 4.67. The minimum atomic E-state index is -1.10. The van der Waals surface area contributed by atoms with Gasteiger partial charge in [0.05, 0.1) is 11.6 Å². The number of nitrogens with zero attached hydrogens (tertiary/aromatic N) is 3. The first kappa shape index (κ1) is 13.6. The van der Waals surface area contributed by atoms with Gasteiger partial charge >= 0.3 is 5.97 Å². The summed E-state index contributed by atoms with van der Waals surface area (Å²) in [6.45, 7) is 8.42. The van der Waals surface area contributed by atoms with Gasteiger partial charge in [0.25, 0.3) is 0 Å². The Bertz CT molecular complexity index is 299. The van der Waals surface area contributed by atoms with Gasteiger partial charge in [-0.15, -0.1) is 0 Å². The van der Waals surface area contributed by atoms with Gasteiger partial charge in [0, 0.05) is 6.92 Å². The summed E-state index contributed by atoms with van der Waals surface area (Å²) in [7, 11) is 0. The number of ether oxygens (including phenoxy) is 1. The fourth-order valence-electron chi connectivity index (χ4n) is 0.586. The molecule has 0 amide bonds. The average Bonchev–Trinajstić information content (AvgIpc) is 2.10. The minimum absolute atomic E-state index is 0.0710. The topological polar surface area (TPSA) is 74.8 Å². The molecule has 0 aliphatic heterocycles. The molecule has 0 N–H and O–H groups in total. The molecule has 0 aromatic carbocycles. The highest BCUT2D eigenvalue weighted by molar-refractivity contribution is 5.66. The fraction of sp³-hybridized carbons (Fsp3) is 0.800. The van der Waals surface area contributed by atoms with Crippen molar-refractivity contribution >= 4 is 5.97 Å². The molecular formula is C10H17N3O2. The highest BCUT2D eigenvalue weighted by Crippen LogP contribution is 2.15. The van der Waals surface area contributed by atoms with Crippen LogP contribution in [0, 0.1) is 11.3 Å². The van der Waals surface area contributed by atoms with E-state index in [4.69, 9.17) is 10.00 Å². The second-order valence-electron chi connectivity index (χ2n) is 4.54. The number of hydrogen-bond acceptors (Lipinski definition) is 5. The van der Waals surface area contributed by atoms with Crippen molar-refractivity contribution in [1.82, 2.24) is 0 Å². The van der Waals surface area contributed by atoms with Crippen molar-refractivity contribution < 1.29 is 9.53 Å². The Morgan fingerprint density at radius 3 is 2.20 bits per heavy atom. The molecule has 15 heavy (non-hydrogen) atoms. The van der Waals surface area contributed by atoms with Crippen LogP contribution in [0.5, 0.6) is 0 Å². The molecule has 0 rings (SSSR count). The van der Waals surface area contributed by atoms with Gasteiger partial charge in [0.15, 0.2) is 5.54 Å². The summed E-state index contributed by atoms with van der Waals surface area (Å²) < 4.78 is 4.75. The largest absolute Gasteiger partial charge is 0.462 e. The number of esters is 1. The standard InChI is InChI=1S/C10H17N3O2/c1-8(14)15-7-10(5,6-11)13-12-9(2,3)4/h7H2,1-5H3/b13-12+. The molecule has 0 aliphatic carbocycles. The molecule has 1 unspecified atom stereocenters. The smallest absolute Gasteiger partial charge is 0.302 e. The van der Waals surface area contributed by atoms with Crippen molar-refractivity contribution in [2.75, 3.05) is 6.61 Å². The molecule has 0 saturated heterocycles. The van der Waals surface area contributed by atoms with Crippen molar-refractivity contribution in [3.05, 3.63) is 0 Å². The predicted molar refractivity (Wildman–Crippen MR) is 55.3 cm³/mol. The van der Waals surface area contributed by atoms with Crippen molar-refractivity contribution in [2.24, 2.45) is 10.2 Å². The Morgan fingerprint density at radius 2 is 1.87 bits per heavy atom. The van der Waals surface area contributed by atoms with Crippen molar-refractivity contribution in [1.29, 1.82) is 5.26 Å². The van der Waals surface area contributed by atoms with Gasteiger partial charge in [0.1, 0.15) is 6.61 Å². The van der Waals surface area contributed by atoms with Crippen LogP contribution in [0.15, 0.2) is 10.2 Å². The molecule has 5 heteroatoms.